The number of carbonyl (C=O) groups is 2. The van der Waals surface area contributed by atoms with Crippen molar-refractivity contribution in [2.45, 2.75) is 12.5 Å². The number of nitrogens with zero attached hydrogens (tertiary/aromatic N) is 2. The smallest absolute Gasteiger partial charge is 0.328 e. The van der Waals surface area contributed by atoms with Crippen LogP contribution in [-0.4, -0.2) is 35.0 Å². The summed E-state index contributed by atoms with van der Waals surface area (Å²) < 4.78 is 5.60. The highest BCUT2D eigenvalue weighted by atomic mass is 79.9. The van der Waals surface area contributed by atoms with Gasteiger partial charge in [-0.05, 0) is 30.3 Å². The highest BCUT2D eigenvalue weighted by Crippen LogP contribution is 2.13. The molecule has 0 bridgehead atoms. The van der Waals surface area contributed by atoms with Crippen LogP contribution in [0, 0.1) is 0 Å². The van der Waals surface area contributed by atoms with E-state index in [1.807, 2.05) is 30.3 Å². The maximum Gasteiger partial charge on any atom is 0.328 e. The van der Waals surface area contributed by atoms with Gasteiger partial charge in [0.05, 0.1) is 23.8 Å². The number of rotatable bonds is 5. The topological polar surface area (TPSA) is 81.2 Å². The third-order valence-electron chi connectivity index (χ3n) is 3.79. The number of carbonyl (C=O) groups excluding carboxylic acids is 2. The molecule has 0 radical (unpaired) electrons. The highest BCUT2D eigenvalue weighted by molar-refractivity contribution is 9.10. The Morgan fingerprint density at radius 3 is 2.65 bits per heavy atom. The zero-order valence-electron chi connectivity index (χ0n) is 14.0. The number of para-hydroxylation sites is 2. The van der Waals surface area contributed by atoms with Crippen molar-refractivity contribution in [3.8, 4) is 0 Å². The summed E-state index contributed by atoms with van der Waals surface area (Å²) in [6.07, 6.45) is 1.79. The first-order chi connectivity index (χ1) is 12.6. The summed E-state index contributed by atoms with van der Waals surface area (Å²) in [6, 6.07) is 13.5. The van der Waals surface area contributed by atoms with Crippen molar-refractivity contribution >= 4 is 38.8 Å². The molecule has 1 amide bonds. The number of hydrogen-bond acceptors (Lipinski definition) is 5. The molecule has 3 aromatic rings. The molecule has 0 aliphatic heterocycles. The zero-order valence-corrected chi connectivity index (χ0v) is 15.6. The molecule has 7 heteroatoms. The average molecular weight is 414 g/mol. The summed E-state index contributed by atoms with van der Waals surface area (Å²) >= 11 is 3.33. The van der Waals surface area contributed by atoms with Crippen LogP contribution < -0.4 is 5.32 Å². The summed E-state index contributed by atoms with van der Waals surface area (Å²) in [4.78, 5) is 33.4. The summed E-state index contributed by atoms with van der Waals surface area (Å²) in [6.45, 7) is 0. The second-order valence-corrected chi connectivity index (χ2v) is 6.53. The second-order valence-electron chi connectivity index (χ2n) is 5.61. The molecule has 0 fully saturated rings. The van der Waals surface area contributed by atoms with Crippen molar-refractivity contribution in [2.24, 2.45) is 0 Å². The first-order valence-corrected chi connectivity index (χ1v) is 8.71. The van der Waals surface area contributed by atoms with Gasteiger partial charge in [-0.2, -0.15) is 0 Å². The lowest BCUT2D eigenvalue weighted by atomic mass is 10.1. The minimum atomic E-state index is -0.859. The zero-order chi connectivity index (χ0) is 18.5. The van der Waals surface area contributed by atoms with Crippen LogP contribution in [0.5, 0.6) is 0 Å². The van der Waals surface area contributed by atoms with Gasteiger partial charge in [-0.1, -0.05) is 34.1 Å². The molecule has 0 spiro atoms. The lowest BCUT2D eigenvalue weighted by molar-refractivity contribution is -0.142. The van der Waals surface area contributed by atoms with Crippen LogP contribution in [0.1, 0.15) is 16.1 Å². The van der Waals surface area contributed by atoms with Gasteiger partial charge in [0.15, 0.2) is 0 Å². The summed E-state index contributed by atoms with van der Waals surface area (Å²) in [5.41, 5.74) is 2.53. The number of methoxy groups -OCH3 is 1. The predicted molar refractivity (Wildman–Crippen MR) is 101 cm³/mol. The third kappa shape index (κ3) is 4.23. The monoisotopic (exact) mass is 413 g/mol. The molecule has 0 saturated heterocycles. The quantitative estimate of drug-likeness (QED) is 0.650. The van der Waals surface area contributed by atoms with Crippen LogP contribution in [0.25, 0.3) is 11.0 Å². The predicted octanol–water partition coefficient (Wildman–Crippen LogP) is 2.91. The van der Waals surface area contributed by atoms with Gasteiger partial charge in [0, 0.05) is 22.7 Å². The Labute approximate surface area is 158 Å². The molecule has 2 aromatic carbocycles. The van der Waals surface area contributed by atoms with Crippen LogP contribution in [0.3, 0.4) is 0 Å². The van der Waals surface area contributed by atoms with E-state index in [1.54, 1.807) is 24.4 Å². The first kappa shape index (κ1) is 18.0. The van der Waals surface area contributed by atoms with Crippen molar-refractivity contribution in [1.82, 2.24) is 15.3 Å². The van der Waals surface area contributed by atoms with E-state index in [0.717, 1.165) is 15.5 Å². The molecule has 26 heavy (non-hydrogen) atoms. The minimum absolute atomic E-state index is 0.185. The molecule has 0 unspecified atom stereocenters. The van der Waals surface area contributed by atoms with Crippen LogP contribution in [0.2, 0.25) is 0 Å². The number of ether oxygens (including phenoxy) is 1. The molecule has 132 valence electrons. The summed E-state index contributed by atoms with van der Waals surface area (Å²) in [7, 11) is 1.28. The Bertz CT molecular complexity index is 961. The minimum Gasteiger partial charge on any atom is -0.467 e. The van der Waals surface area contributed by atoms with Crippen LogP contribution >= 0.6 is 15.9 Å². The Hall–Kier alpha value is -2.80. The Morgan fingerprint density at radius 1 is 1.15 bits per heavy atom. The maximum absolute atomic E-state index is 12.5. The average Bonchev–Trinajstić information content (AvgIpc) is 2.66. The number of fused-ring (bicyclic) bond motifs is 1. The van der Waals surface area contributed by atoms with E-state index in [2.05, 4.69) is 31.2 Å². The SMILES string of the molecule is COC(=O)[C@H](Cc1cnc2ccccc2n1)NC(=O)c1cccc(Br)c1. The number of benzene rings is 2. The van der Waals surface area contributed by atoms with Gasteiger partial charge in [-0.15, -0.1) is 0 Å². The van der Waals surface area contributed by atoms with Gasteiger partial charge in [0.2, 0.25) is 0 Å². The Balaban J connectivity index is 1.81. The normalized spacial score (nSPS) is 11.8. The number of hydrogen-bond donors (Lipinski definition) is 1. The number of esters is 1. The Morgan fingerprint density at radius 2 is 1.92 bits per heavy atom. The van der Waals surface area contributed by atoms with Crippen molar-refractivity contribution in [1.29, 1.82) is 0 Å². The molecule has 1 aromatic heterocycles. The van der Waals surface area contributed by atoms with Gasteiger partial charge in [0.25, 0.3) is 5.91 Å². The molecule has 1 atom stereocenters. The maximum atomic E-state index is 12.5. The summed E-state index contributed by atoms with van der Waals surface area (Å²) in [5.74, 6) is -0.904. The number of halogens is 1. The van der Waals surface area contributed by atoms with E-state index in [4.69, 9.17) is 4.74 Å². The van der Waals surface area contributed by atoms with Crippen molar-refractivity contribution in [3.63, 3.8) is 0 Å². The van der Waals surface area contributed by atoms with Gasteiger partial charge >= 0.3 is 5.97 Å². The van der Waals surface area contributed by atoms with Crippen LogP contribution in [0.15, 0.2) is 59.2 Å². The highest BCUT2D eigenvalue weighted by Gasteiger charge is 2.23. The van der Waals surface area contributed by atoms with E-state index in [0.29, 0.717) is 11.3 Å². The fourth-order valence-electron chi connectivity index (χ4n) is 2.51. The van der Waals surface area contributed by atoms with Gasteiger partial charge in [-0.25, -0.2) is 9.78 Å². The third-order valence-corrected chi connectivity index (χ3v) is 4.28. The van der Waals surface area contributed by atoms with E-state index < -0.39 is 12.0 Å². The molecule has 3 rings (SSSR count). The number of aromatic nitrogens is 2. The van der Waals surface area contributed by atoms with Crippen molar-refractivity contribution < 1.29 is 14.3 Å². The molecule has 1 heterocycles. The van der Waals surface area contributed by atoms with Crippen LogP contribution in [-0.2, 0) is 16.0 Å². The summed E-state index contributed by atoms with van der Waals surface area (Å²) in [5, 5.41) is 2.71. The number of nitrogens with one attached hydrogen (secondary N) is 1. The fourth-order valence-corrected chi connectivity index (χ4v) is 2.91. The van der Waals surface area contributed by atoms with E-state index in [9.17, 15) is 9.59 Å². The lowest BCUT2D eigenvalue weighted by Gasteiger charge is -2.16. The standard InChI is InChI=1S/C19H16BrN3O3/c1-26-19(25)17(23-18(24)12-5-4-6-13(20)9-12)10-14-11-21-15-7-2-3-8-16(15)22-14/h2-9,11,17H,10H2,1H3,(H,23,24)/t17-/m0/s1. The van der Waals surface area contributed by atoms with Crippen molar-refractivity contribution in [2.75, 3.05) is 7.11 Å². The molecule has 6 nitrogen and oxygen atoms in total. The second kappa shape index (κ2) is 8.05. The number of amides is 1. The molecular weight excluding hydrogens is 398 g/mol. The van der Waals surface area contributed by atoms with Gasteiger partial charge in [0.1, 0.15) is 6.04 Å². The van der Waals surface area contributed by atoms with Gasteiger partial charge in [-0.3, -0.25) is 9.78 Å². The molecule has 0 saturated carbocycles. The van der Waals surface area contributed by atoms with E-state index in [1.165, 1.54) is 7.11 Å². The fraction of sp³-hybridized carbons (Fsp3) is 0.158. The lowest BCUT2D eigenvalue weighted by Crippen LogP contribution is -2.43. The Kier molecular flexibility index (Phi) is 5.58. The van der Waals surface area contributed by atoms with E-state index >= 15 is 0 Å². The molecular formula is C19H16BrN3O3. The molecule has 0 aliphatic rings. The molecule has 1 N–H and O–H groups in total. The van der Waals surface area contributed by atoms with Crippen LogP contribution in [0.4, 0.5) is 0 Å². The largest absolute Gasteiger partial charge is 0.467 e. The van der Waals surface area contributed by atoms with E-state index in [-0.39, 0.29) is 12.3 Å². The molecule has 0 aliphatic carbocycles. The first-order valence-electron chi connectivity index (χ1n) is 7.92. The van der Waals surface area contributed by atoms with Crippen molar-refractivity contribution in [3.05, 3.63) is 70.5 Å². The van der Waals surface area contributed by atoms with Gasteiger partial charge < -0.3 is 10.1 Å².